The van der Waals surface area contributed by atoms with E-state index in [1.165, 1.54) is 24.3 Å². The van der Waals surface area contributed by atoms with Gasteiger partial charge in [-0.15, -0.1) is 0 Å². The molecule has 0 aliphatic heterocycles. The van der Waals surface area contributed by atoms with Crippen LogP contribution >= 0.6 is 11.3 Å². The van der Waals surface area contributed by atoms with Gasteiger partial charge in [-0.05, 0) is 24.3 Å². The van der Waals surface area contributed by atoms with Gasteiger partial charge in [0.05, 0.1) is 20.8 Å². The molecular formula is C18H11NO6S2. The Bertz CT molecular complexity index is 1370. The van der Waals surface area contributed by atoms with Gasteiger partial charge in [0.15, 0.2) is 5.58 Å². The predicted molar refractivity (Wildman–Crippen MR) is 102 cm³/mol. The first-order valence-electron chi connectivity index (χ1n) is 7.67. The van der Waals surface area contributed by atoms with Crippen LogP contribution in [0.3, 0.4) is 0 Å². The van der Waals surface area contributed by atoms with Gasteiger partial charge in [0.25, 0.3) is 10.0 Å². The third-order valence-corrected chi connectivity index (χ3v) is 6.11. The molecule has 0 radical (unpaired) electrons. The van der Waals surface area contributed by atoms with Crippen molar-refractivity contribution < 1.29 is 22.7 Å². The summed E-state index contributed by atoms with van der Waals surface area (Å²) in [7, 11) is -4.04. The molecule has 0 bridgehead atoms. The Labute approximate surface area is 156 Å². The Morgan fingerprint density at radius 3 is 2.52 bits per heavy atom. The molecule has 0 atom stereocenters. The number of carboxylic acids is 1. The van der Waals surface area contributed by atoms with Crippen LogP contribution in [0.1, 0.15) is 10.4 Å². The molecule has 0 aliphatic carbocycles. The van der Waals surface area contributed by atoms with E-state index < -0.39 is 20.9 Å². The Morgan fingerprint density at radius 2 is 1.78 bits per heavy atom. The summed E-state index contributed by atoms with van der Waals surface area (Å²) in [6, 6.07) is 13.5. The van der Waals surface area contributed by atoms with Crippen LogP contribution < -0.4 is 9.66 Å². The maximum absolute atomic E-state index is 12.8. The third-order valence-electron chi connectivity index (χ3n) is 3.98. The topological polar surface area (TPSA) is 114 Å². The van der Waals surface area contributed by atoms with Crippen molar-refractivity contribution in [1.82, 2.24) is 0 Å². The average molecular weight is 401 g/mol. The number of hydrogen-bond donors (Lipinski definition) is 2. The Morgan fingerprint density at radius 1 is 1.04 bits per heavy atom. The number of carbonyl (C=O) groups is 1. The van der Waals surface area contributed by atoms with Crippen LogP contribution in [0.5, 0.6) is 0 Å². The highest BCUT2D eigenvalue weighted by atomic mass is 32.2. The van der Waals surface area contributed by atoms with E-state index in [0.717, 1.165) is 17.4 Å². The molecular weight excluding hydrogens is 390 g/mol. The maximum atomic E-state index is 12.8. The molecule has 0 fully saturated rings. The summed E-state index contributed by atoms with van der Waals surface area (Å²) >= 11 is 0.875. The Balaban J connectivity index is 1.88. The minimum atomic E-state index is -4.04. The molecule has 0 aliphatic rings. The number of benzene rings is 3. The highest BCUT2D eigenvalue weighted by Gasteiger charge is 2.19. The summed E-state index contributed by atoms with van der Waals surface area (Å²) < 4.78 is 33.8. The minimum absolute atomic E-state index is 0.133. The van der Waals surface area contributed by atoms with Crippen LogP contribution in [0.4, 0.5) is 5.69 Å². The zero-order valence-electron chi connectivity index (χ0n) is 13.5. The molecule has 136 valence electrons. The number of hydrogen-bond acceptors (Lipinski definition) is 6. The molecule has 1 heterocycles. The van der Waals surface area contributed by atoms with Crippen LogP contribution in [0.25, 0.3) is 21.1 Å². The predicted octanol–water partition coefficient (Wildman–Crippen LogP) is 3.51. The first kappa shape index (κ1) is 17.3. The Hall–Kier alpha value is -3.17. The largest absolute Gasteiger partial charge is 0.478 e. The fraction of sp³-hybridized carbons (Fsp3) is 0. The fourth-order valence-corrected chi connectivity index (χ4v) is 4.62. The number of anilines is 1. The molecule has 1 aromatic heterocycles. The van der Waals surface area contributed by atoms with Crippen LogP contribution in [0.2, 0.25) is 0 Å². The van der Waals surface area contributed by atoms with Crippen LogP contribution in [-0.2, 0) is 10.0 Å². The number of rotatable bonds is 4. The quantitative estimate of drug-likeness (QED) is 0.541. The van der Waals surface area contributed by atoms with Crippen molar-refractivity contribution in [1.29, 1.82) is 0 Å². The summed E-state index contributed by atoms with van der Waals surface area (Å²) in [5.74, 6) is -1.22. The maximum Gasteiger partial charge on any atom is 0.396 e. The van der Waals surface area contributed by atoms with E-state index in [0.29, 0.717) is 21.1 Å². The zero-order chi connectivity index (χ0) is 19.2. The van der Waals surface area contributed by atoms with Gasteiger partial charge < -0.3 is 9.52 Å². The van der Waals surface area contributed by atoms with Crippen molar-refractivity contribution in [3.63, 3.8) is 0 Å². The van der Waals surface area contributed by atoms with E-state index in [1.54, 1.807) is 24.3 Å². The normalized spacial score (nSPS) is 11.7. The van der Waals surface area contributed by atoms with Gasteiger partial charge >= 0.3 is 10.9 Å². The fourth-order valence-electron chi connectivity index (χ4n) is 2.78. The molecule has 0 spiro atoms. The molecule has 9 heteroatoms. The lowest BCUT2D eigenvalue weighted by molar-refractivity contribution is 0.0696. The van der Waals surface area contributed by atoms with Gasteiger partial charge in [0.1, 0.15) is 0 Å². The van der Waals surface area contributed by atoms with E-state index in [9.17, 15) is 18.0 Å². The molecule has 0 saturated carbocycles. The lowest BCUT2D eigenvalue weighted by atomic mass is 10.1. The van der Waals surface area contributed by atoms with Gasteiger partial charge in [-0.3, -0.25) is 4.72 Å². The molecule has 27 heavy (non-hydrogen) atoms. The van der Waals surface area contributed by atoms with Crippen LogP contribution in [0, 0.1) is 0 Å². The summed E-state index contributed by atoms with van der Waals surface area (Å²) in [4.78, 5) is 22.1. The van der Waals surface area contributed by atoms with Crippen molar-refractivity contribution in [3.05, 3.63) is 69.9 Å². The summed E-state index contributed by atoms with van der Waals surface area (Å²) in [5.41, 5.74) is 0.540. The number of nitrogens with one attached hydrogen (secondary N) is 1. The van der Waals surface area contributed by atoms with E-state index in [1.807, 2.05) is 0 Å². The zero-order valence-corrected chi connectivity index (χ0v) is 15.1. The van der Waals surface area contributed by atoms with Gasteiger partial charge in [-0.1, -0.05) is 41.7 Å². The van der Waals surface area contributed by atoms with Crippen molar-refractivity contribution >= 4 is 54.1 Å². The van der Waals surface area contributed by atoms with Crippen molar-refractivity contribution in [2.45, 2.75) is 4.90 Å². The second-order valence-electron chi connectivity index (χ2n) is 5.69. The average Bonchev–Trinajstić information content (AvgIpc) is 3.02. The summed E-state index contributed by atoms with van der Waals surface area (Å²) in [5, 5.41) is 10.2. The smallest absolute Gasteiger partial charge is 0.396 e. The summed E-state index contributed by atoms with van der Waals surface area (Å²) in [6.07, 6.45) is 0. The SMILES string of the molecule is O=C(O)c1cccc(S(=O)(=O)Nc2cc3sc(=O)oc3c3ccccc23)c1. The third kappa shape index (κ3) is 3.07. The number of aromatic carboxylic acids is 1. The standard InChI is InChI=1S/C18H11NO6S2/c20-17(21)10-4-3-5-11(8-10)27(23,24)19-14-9-15-16(25-18(22)26-15)13-7-2-1-6-12(13)14/h1-9,19H,(H,20,21). The van der Waals surface area contributed by atoms with E-state index >= 15 is 0 Å². The molecule has 4 aromatic rings. The van der Waals surface area contributed by atoms with E-state index in [2.05, 4.69) is 4.72 Å². The van der Waals surface area contributed by atoms with E-state index in [4.69, 9.17) is 9.52 Å². The van der Waals surface area contributed by atoms with Crippen LogP contribution in [0.15, 0.2) is 68.7 Å². The molecule has 0 amide bonds. The Kier molecular flexibility index (Phi) is 3.97. The van der Waals surface area contributed by atoms with Crippen LogP contribution in [-0.4, -0.2) is 19.5 Å². The summed E-state index contributed by atoms with van der Waals surface area (Å²) in [6.45, 7) is 0. The lowest BCUT2D eigenvalue weighted by Crippen LogP contribution is -2.14. The molecule has 2 N–H and O–H groups in total. The van der Waals surface area contributed by atoms with Gasteiger partial charge in [-0.2, -0.15) is 0 Å². The van der Waals surface area contributed by atoms with Gasteiger partial charge in [0, 0.05) is 10.8 Å². The minimum Gasteiger partial charge on any atom is -0.478 e. The second-order valence-corrected chi connectivity index (χ2v) is 8.35. The number of sulfonamides is 1. The van der Waals surface area contributed by atoms with Crippen molar-refractivity contribution in [2.75, 3.05) is 4.72 Å². The van der Waals surface area contributed by atoms with Crippen molar-refractivity contribution in [3.8, 4) is 0 Å². The van der Waals surface area contributed by atoms with Gasteiger partial charge in [0.2, 0.25) is 0 Å². The van der Waals surface area contributed by atoms with E-state index in [-0.39, 0.29) is 16.1 Å². The first-order valence-corrected chi connectivity index (χ1v) is 9.97. The first-order chi connectivity index (χ1) is 12.8. The number of carboxylic acid groups (broad SMARTS) is 1. The highest BCUT2D eigenvalue weighted by Crippen LogP contribution is 2.34. The highest BCUT2D eigenvalue weighted by molar-refractivity contribution is 7.92. The molecule has 3 aromatic carbocycles. The van der Waals surface area contributed by atoms with Gasteiger partial charge in [-0.25, -0.2) is 18.0 Å². The monoisotopic (exact) mass is 401 g/mol. The molecule has 0 unspecified atom stereocenters. The van der Waals surface area contributed by atoms with Crippen molar-refractivity contribution in [2.24, 2.45) is 0 Å². The number of fused-ring (bicyclic) bond motifs is 3. The molecule has 7 nitrogen and oxygen atoms in total. The molecule has 4 rings (SSSR count). The molecule has 0 saturated heterocycles. The second kappa shape index (κ2) is 6.22. The lowest BCUT2D eigenvalue weighted by Gasteiger charge is -2.11.